The predicted molar refractivity (Wildman–Crippen MR) is 74.8 cm³/mol. The molecule has 0 aliphatic carbocycles. The molecule has 1 saturated heterocycles. The van der Waals surface area contributed by atoms with E-state index < -0.39 is 12.2 Å². The number of carbonyl (C=O) groups is 1. The minimum absolute atomic E-state index is 0.175. The van der Waals surface area contributed by atoms with Crippen molar-refractivity contribution in [1.29, 1.82) is 0 Å². The van der Waals surface area contributed by atoms with Gasteiger partial charge in [0.05, 0.1) is 18.8 Å². The van der Waals surface area contributed by atoms with Crippen LogP contribution in [0.4, 0.5) is 0 Å². The van der Waals surface area contributed by atoms with Crippen LogP contribution in [0.3, 0.4) is 0 Å². The largest absolute Gasteiger partial charge is 0.494 e. The number of aliphatic hydroxyl groups excluding tert-OH is 2. The second kappa shape index (κ2) is 6.72. The van der Waals surface area contributed by atoms with Gasteiger partial charge in [0, 0.05) is 18.7 Å². The first-order valence-corrected chi connectivity index (χ1v) is 7.00. The Morgan fingerprint density at radius 3 is 2.40 bits per heavy atom. The van der Waals surface area contributed by atoms with Crippen LogP contribution in [0.15, 0.2) is 24.3 Å². The number of ether oxygens (including phenoxy) is 1. The maximum atomic E-state index is 12.2. The molecule has 1 aromatic rings. The second-order valence-electron chi connectivity index (χ2n) is 5.07. The molecule has 0 saturated carbocycles. The van der Waals surface area contributed by atoms with E-state index in [4.69, 9.17) is 4.74 Å². The third-order valence-electron chi connectivity index (χ3n) is 3.41. The Bertz CT molecular complexity index is 436. The Morgan fingerprint density at radius 2 is 1.85 bits per heavy atom. The van der Waals surface area contributed by atoms with E-state index in [2.05, 4.69) is 6.92 Å². The van der Waals surface area contributed by atoms with Crippen LogP contribution in [0.1, 0.15) is 30.1 Å². The maximum absolute atomic E-state index is 12.2. The monoisotopic (exact) mass is 279 g/mol. The lowest BCUT2D eigenvalue weighted by atomic mass is 10.2. The van der Waals surface area contributed by atoms with Gasteiger partial charge in [0.15, 0.2) is 0 Å². The van der Waals surface area contributed by atoms with Crippen LogP contribution < -0.4 is 4.74 Å². The molecule has 1 aliphatic heterocycles. The summed E-state index contributed by atoms with van der Waals surface area (Å²) in [7, 11) is 0. The molecular formula is C15H21NO4. The number of hydrogen-bond acceptors (Lipinski definition) is 4. The van der Waals surface area contributed by atoms with Gasteiger partial charge < -0.3 is 19.8 Å². The topological polar surface area (TPSA) is 70.0 Å². The highest BCUT2D eigenvalue weighted by Crippen LogP contribution is 2.17. The smallest absolute Gasteiger partial charge is 0.254 e. The van der Waals surface area contributed by atoms with Crippen molar-refractivity contribution in [1.82, 2.24) is 4.90 Å². The Kier molecular flexibility index (Phi) is 4.98. The first-order valence-electron chi connectivity index (χ1n) is 7.00. The van der Waals surface area contributed by atoms with Gasteiger partial charge in [0.2, 0.25) is 0 Å². The number of unbranched alkanes of at least 4 members (excludes halogenated alkanes) is 1. The van der Waals surface area contributed by atoms with Gasteiger partial charge in [-0.2, -0.15) is 0 Å². The molecular weight excluding hydrogens is 258 g/mol. The summed E-state index contributed by atoms with van der Waals surface area (Å²) >= 11 is 0. The zero-order chi connectivity index (χ0) is 14.5. The zero-order valence-corrected chi connectivity index (χ0v) is 11.7. The summed E-state index contributed by atoms with van der Waals surface area (Å²) in [5.74, 6) is 0.567. The van der Waals surface area contributed by atoms with Crippen molar-refractivity contribution in [3.05, 3.63) is 29.8 Å². The van der Waals surface area contributed by atoms with Gasteiger partial charge in [-0.1, -0.05) is 13.3 Å². The number of hydrogen-bond donors (Lipinski definition) is 2. The number of carbonyl (C=O) groups excluding carboxylic acids is 1. The Morgan fingerprint density at radius 1 is 1.25 bits per heavy atom. The fourth-order valence-corrected chi connectivity index (χ4v) is 2.15. The highest BCUT2D eigenvalue weighted by molar-refractivity contribution is 5.94. The lowest BCUT2D eigenvalue weighted by Crippen LogP contribution is -2.29. The van der Waals surface area contributed by atoms with Crippen molar-refractivity contribution < 1.29 is 19.7 Å². The van der Waals surface area contributed by atoms with Gasteiger partial charge in [-0.05, 0) is 30.7 Å². The zero-order valence-electron chi connectivity index (χ0n) is 11.7. The normalized spacial score (nSPS) is 22.1. The number of likely N-dealkylation sites (tertiary alicyclic amines) is 1. The number of nitrogens with zero attached hydrogens (tertiary/aromatic N) is 1. The molecule has 2 N–H and O–H groups in total. The molecule has 2 rings (SSSR count). The predicted octanol–water partition coefficient (Wildman–Crippen LogP) is 1.04. The van der Waals surface area contributed by atoms with Crippen molar-refractivity contribution in [2.45, 2.75) is 32.0 Å². The molecule has 1 aliphatic rings. The van der Waals surface area contributed by atoms with E-state index in [1.165, 1.54) is 4.90 Å². The van der Waals surface area contributed by atoms with Crippen molar-refractivity contribution in [3.63, 3.8) is 0 Å². The first kappa shape index (κ1) is 14.8. The van der Waals surface area contributed by atoms with Crippen LogP contribution >= 0.6 is 0 Å². The van der Waals surface area contributed by atoms with E-state index in [1.54, 1.807) is 24.3 Å². The first-order chi connectivity index (χ1) is 9.61. The molecule has 0 unspecified atom stereocenters. The summed E-state index contributed by atoms with van der Waals surface area (Å²) in [5.41, 5.74) is 0.536. The summed E-state index contributed by atoms with van der Waals surface area (Å²) < 4.78 is 5.54. The summed E-state index contributed by atoms with van der Waals surface area (Å²) in [6.45, 7) is 3.13. The average Bonchev–Trinajstić information content (AvgIpc) is 2.79. The van der Waals surface area contributed by atoms with E-state index in [1.807, 2.05) is 0 Å². The highest BCUT2D eigenvalue weighted by atomic mass is 16.5. The molecule has 1 fully saturated rings. The molecule has 1 aromatic carbocycles. The number of amides is 1. The Balaban J connectivity index is 1.94. The quantitative estimate of drug-likeness (QED) is 0.790. The molecule has 110 valence electrons. The molecule has 0 aromatic heterocycles. The molecule has 5 heteroatoms. The molecule has 20 heavy (non-hydrogen) atoms. The van der Waals surface area contributed by atoms with Gasteiger partial charge in [0.25, 0.3) is 5.91 Å². The third kappa shape index (κ3) is 3.49. The van der Waals surface area contributed by atoms with Crippen molar-refractivity contribution in [3.8, 4) is 5.75 Å². The fourth-order valence-electron chi connectivity index (χ4n) is 2.15. The number of benzene rings is 1. The summed E-state index contributed by atoms with van der Waals surface area (Å²) in [6.07, 6.45) is 0.381. The molecule has 0 bridgehead atoms. The second-order valence-corrected chi connectivity index (χ2v) is 5.07. The van der Waals surface area contributed by atoms with Gasteiger partial charge in [-0.15, -0.1) is 0 Å². The minimum Gasteiger partial charge on any atom is -0.494 e. The summed E-state index contributed by atoms with van der Waals surface area (Å²) in [6, 6.07) is 6.96. The van der Waals surface area contributed by atoms with E-state index in [-0.39, 0.29) is 19.0 Å². The van der Waals surface area contributed by atoms with Crippen LogP contribution in [-0.2, 0) is 0 Å². The van der Waals surface area contributed by atoms with Gasteiger partial charge >= 0.3 is 0 Å². The molecule has 5 nitrogen and oxygen atoms in total. The van der Waals surface area contributed by atoms with E-state index in [0.717, 1.165) is 18.6 Å². The lowest BCUT2D eigenvalue weighted by Gasteiger charge is -2.15. The average molecular weight is 279 g/mol. The van der Waals surface area contributed by atoms with Crippen molar-refractivity contribution >= 4 is 5.91 Å². The van der Waals surface area contributed by atoms with Crippen LogP contribution in [0.25, 0.3) is 0 Å². The van der Waals surface area contributed by atoms with Crippen LogP contribution in [-0.4, -0.2) is 52.9 Å². The third-order valence-corrected chi connectivity index (χ3v) is 3.41. The lowest BCUT2D eigenvalue weighted by molar-refractivity contribution is 0.0572. The van der Waals surface area contributed by atoms with E-state index in [9.17, 15) is 15.0 Å². The van der Waals surface area contributed by atoms with Crippen molar-refractivity contribution in [2.24, 2.45) is 0 Å². The molecule has 0 radical (unpaired) electrons. The van der Waals surface area contributed by atoms with Crippen LogP contribution in [0.5, 0.6) is 5.75 Å². The highest BCUT2D eigenvalue weighted by Gasteiger charge is 2.32. The molecule has 1 heterocycles. The van der Waals surface area contributed by atoms with Crippen LogP contribution in [0.2, 0.25) is 0 Å². The SMILES string of the molecule is CCCCOc1ccc(C(=O)N2C[C@@H](O)[C@@H](O)C2)cc1. The Hall–Kier alpha value is -1.59. The van der Waals surface area contributed by atoms with Crippen molar-refractivity contribution in [2.75, 3.05) is 19.7 Å². The number of β-amino-alcohol motifs (C(OH)–C–C–N with tert-alkyl or cyclic N) is 2. The van der Waals surface area contributed by atoms with E-state index in [0.29, 0.717) is 12.2 Å². The molecule has 2 atom stereocenters. The van der Waals surface area contributed by atoms with Gasteiger partial charge in [0.1, 0.15) is 5.75 Å². The Labute approximate surface area is 118 Å². The summed E-state index contributed by atoms with van der Waals surface area (Å²) in [5, 5.41) is 18.9. The minimum atomic E-state index is -0.851. The number of aliphatic hydroxyl groups is 2. The fraction of sp³-hybridized carbons (Fsp3) is 0.533. The van der Waals surface area contributed by atoms with Crippen LogP contribution in [0, 0.1) is 0 Å². The number of rotatable bonds is 5. The van der Waals surface area contributed by atoms with Gasteiger partial charge in [-0.3, -0.25) is 4.79 Å². The standard InChI is InChI=1S/C15H21NO4/c1-2-3-8-20-12-6-4-11(5-7-12)15(19)16-9-13(17)14(18)10-16/h4-7,13-14,17-18H,2-3,8-10H2,1H3/t13-,14+. The summed E-state index contributed by atoms with van der Waals surface area (Å²) in [4.78, 5) is 13.6. The van der Waals surface area contributed by atoms with E-state index >= 15 is 0 Å². The maximum Gasteiger partial charge on any atom is 0.254 e. The molecule has 1 amide bonds. The van der Waals surface area contributed by atoms with Gasteiger partial charge in [-0.25, -0.2) is 0 Å². The molecule has 0 spiro atoms.